The van der Waals surface area contributed by atoms with E-state index < -0.39 is 11.6 Å². The van der Waals surface area contributed by atoms with Crippen LogP contribution >= 0.6 is 0 Å². The normalized spacial score (nSPS) is 17.9. The Morgan fingerprint density at radius 2 is 2.15 bits per heavy atom. The molecule has 1 fully saturated rings. The summed E-state index contributed by atoms with van der Waals surface area (Å²) >= 11 is 0. The van der Waals surface area contributed by atoms with E-state index in [0.717, 1.165) is 31.6 Å². The Kier molecular flexibility index (Phi) is 5.27. The van der Waals surface area contributed by atoms with Gasteiger partial charge in [-0.05, 0) is 25.0 Å². The second-order valence-electron chi connectivity index (χ2n) is 4.56. The van der Waals surface area contributed by atoms with Crippen molar-refractivity contribution in [2.24, 2.45) is 0 Å². The molecular weight excluding hydrogens is 266 g/mol. The van der Waals surface area contributed by atoms with Crippen LogP contribution < -0.4 is 5.32 Å². The SMILES string of the molecule is N#Cc1cc(F)c(NCCOC[C@H]2CCCO2)c(F)c1. The first-order valence-electron chi connectivity index (χ1n) is 6.53. The van der Waals surface area contributed by atoms with Crippen LogP contribution in [0.4, 0.5) is 14.5 Å². The molecule has 1 aromatic carbocycles. The molecule has 0 saturated carbocycles. The molecule has 0 aliphatic carbocycles. The molecule has 0 amide bonds. The molecule has 0 bridgehead atoms. The summed E-state index contributed by atoms with van der Waals surface area (Å²) in [6, 6.07) is 3.69. The van der Waals surface area contributed by atoms with Gasteiger partial charge in [0, 0.05) is 13.2 Å². The number of ether oxygens (including phenoxy) is 2. The zero-order valence-electron chi connectivity index (χ0n) is 11.0. The lowest BCUT2D eigenvalue weighted by atomic mass is 10.2. The van der Waals surface area contributed by atoms with Crippen LogP contribution in [0.5, 0.6) is 0 Å². The average Bonchev–Trinajstić information content (AvgIpc) is 2.94. The zero-order chi connectivity index (χ0) is 14.4. The lowest BCUT2D eigenvalue weighted by molar-refractivity contribution is 0.0206. The van der Waals surface area contributed by atoms with E-state index in [1.165, 1.54) is 0 Å². The van der Waals surface area contributed by atoms with Crippen molar-refractivity contribution in [1.82, 2.24) is 0 Å². The maximum absolute atomic E-state index is 13.5. The molecule has 1 saturated heterocycles. The van der Waals surface area contributed by atoms with Gasteiger partial charge in [-0.2, -0.15) is 5.26 Å². The number of rotatable bonds is 6. The monoisotopic (exact) mass is 282 g/mol. The van der Waals surface area contributed by atoms with E-state index in [4.69, 9.17) is 14.7 Å². The van der Waals surface area contributed by atoms with Gasteiger partial charge in [-0.15, -0.1) is 0 Å². The summed E-state index contributed by atoms with van der Waals surface area (Å²) in [6.45, 7) is 1.89. The van der Waals surface area contributed by atoms with E-state index in [1.807, 2.05) is 0 Å². The molecule has 1 heterocycles. The molecule has 108 valence electrons. The number of anilines is 1. The van der Waals surface area contributed by atoms with Crippen LogP contribution in [0.15, 0.2) is 12.1 Å². The molecule has 4 nitrogen and oxygen atoms in total. The second kappa shape index (κ2) is 7.17. The van der Waals surface area contributed by atoms with Crippen LogP contribution in [0.25, 0.3) is 0 Å². The van der Waals surface area contributed by atoms with Gasteiger partial charge in [0.05, 0.1) is 31.0 Å². The van der Waals surface area contributed by atoms with Gasteiger partial charge in [-0.3, -0.25) is 0 Å². The van der Waals surface area contributed by atoms with Gasteiger partial charge in [0.2, 0.25) is 0 Å². The van der Waals surface area contributed by atoms with Crippen molar-refractivity contribution in [3.05, 3.63) is 29.3 Å². The van der Waals surface area contributed by atoms with Gasteiger partial charge in [-0.1, -0.05) is 0 Å². The Morgan fingerprint density at radius 1 is 1.40 bits per heavy atom. The topological polar surface area (TPSA) is 54.3 Å². The van der Waals surface area contributed by atoms with Crippen LogP contribution in [0, 0.1) is 23.0 Å². The summed E-state index contributed by atoms with van der Waals surface area (Å²) in [5, 5.41) is 11.2. The lowest BCUT2D eigenvalue weighted by Crippen LogP contribution is -2.18. The highest BCUT2D eigenvalue weighted by atomic mass is 19.1. The van der Waals surface area contributed by atoms with Gasteiger partial charge in [-0.25, -0.2) is 8.78 Å². The second-order valence-corrected chi connectivity index (χ2v) is 4.56. The summed E-state index contributed by atoms with van der Waals surface area (Å²) in [7, 11) is 0. The highest BCUT2D eigenvalue weighted by Gasteiger charge is 2.15. The fourth-order valence-corrected chi connectivity index (χ4v) is 2.05. The molecule has 1 atom stereocenters. The number of nitrogens with one attached hydrogen (secondary N) is 1. The van der Waals surface area contributed by atoms with Crippen molar-refractivity contribution in [3.63, 3.8) is 0 Å². The van der Waals surface area contributed by atoms with Gasteiger partial charge in [0.1, 0.15) is 5.69 Å². The summed E-state index contributed by atoms with van der Waals surface area (Å²) in [5.41, 5.74) is -0.273. The molecule has 1 N–H and O–H groups in total. The zero-order valence-corrected chi connectivity index (χ0v) is 11.0. The highest BCUT2D eigenvalue weighted by molar-refractivity contribution is 5.50. The summed E-state index contributed by atoms with van der Waals surface area (Å²) < 4.78 is 37.8. The van der Waals surface area contributed by atoms with Crippen molar-refractivity contribution < 1.29 is 18.3 Å². The number of hydrogen-bond donors (Lipinski definition) is 1. The molecule has 6 heteroatoms. The van der Waals surface area contributed by atoms with Crippen LogP contribution in [0.1, 0.15) is 18.4 Å². The van der Waals surface area contributed by atoms with Crippen LogP contribution in [0.2, 0.25) is 0 Å². The number of hydrogen-bond acceptors (Lipinski definition) is 4. The van der Waals surface area contributed by atoms with E-state index in [0.29, 0.717) is 13.2 Å². The molecule has 0 spiro atoms. The smallest absolute Gasteiger partial charge is 0.150 e. The van der Waals surface area contributed by atoms with Crippen molar-refractivity contribution in [1.29, 1.82) is 5.26 Å². The van der Waals surface area contributed by atoms with Gasteiger partial charge < -0.3 is 14.8 Å². The Balaban J connectivity index is 1.75. The third-order valence-corrected chi connectivity index (χ3v) is 3.05. The van der Waals surface area contributed by atoms with Crippen LogP contribution in [-0.2, 0) is 9.47 Å². The van der Waals surface area contributed by atoms with Crippen molar-refractivity contribution in [2.45, 2.75) is 18.9 Å². The number of halogens is 2. The predicted octanol–water partition coefficient (Wildman–Crippen LogP) is 2.44. The van der Waals surface area contributed by atoms with E-state index in [9.17, 15) is 8.78 Å². The summed E-state index contributed by atoms with van der Waals surface area (Å²) in [5.74, 6) is -1.55. The average molecular weight is 282 g/mol. The van der Waals surface area contributed by atoms with E-state index in [2.05, 4.69) is 5.32 Å². The number of benzene rings is 1. The minimum absolute atomic E-state index is 0.0415. The summed E-state index contributed by atoms with van der Waals surface area (Å²) in [6.07, 6.45) is 2.18. The largest absolute Gasteiger partial charge is 0.378 e. The van der Waals surface area contributed by atoms with Crippen molar-refractivity contribution >= 4 is 5.69 Å². The first-order chi connectivity index (χ1) is 9.70. The fourth-order valence-electron chi connectivity index (χ4n) is 2.05. The maximum Gasteiger partial charge on any atom is 0.150 e. The minimum Gasteiger partial charge on any atom is -0.378 e. The molecular formula is C14H16F2N2O2. The standard InChI is InChI=1S/C14H16F2N2O2/c15-12-6-10(8-17)7-13(16)14(12)18-3-5-19-9-11-2-1-4-20-11/h6-7,11,18H,1-5,9H2/t11-/m1/s1. The summed E-state index contributed by atoms with van der Waals surface area (Å²) in [4.78, 5) is 0. The fraction of sp³-hybridized carbons (Fsp3) is 0.500. The molecule has 0 radical (unpaired) electrons. The number of nitrogens with zero attached hydrogens (tertiary/aromatic N) is 1. The molecule has 1 aromatic rings. The third-order valence-electron chi connectivity index (χ3n) is 3.05. The maximum atomic E-state index is 13.5. The van der Waals surface area contributed by atoms with Gasteiger partial charge >= 0.3 is 0 Å². The molecule has 20 heavy (non-hydrogen) atoms. The predicted molar refractivity (Wildman–Crippen MR) is 69.4 cm³/mol. The van der Waals surface area contributed by atoms with Gasteiger partial charge in [0.25, 0.3) is 0 Å². The Morgan fingerprint density at radius 3 is 2.75 bits per heavy atom. The Labute approximate surface area is 116 Å². The number of nitriles is 1. The van der Waals surface area contributed by atoms with Crippen molar-refractivity contribution in [2.75, 3.05) is 31.7 Å². The Hall–Kier alpha value is -1.71. The highest BCUT2D eigenvalue weighted by Crippen LogP contribution is 2.20. The molecule has 2 rings (SSSR count). The van der Waals surface area contributed by atoms with E-state index >= 15 is 0 Å². The lowest BCUT2D eigenvalue weighted by Gasteiger charge is -2.12. The minimum atomic E-state index is -0.777. The first-order valence-corrected chi connectivity index (χ1v) is 6.53. The van der Waals surface area contributed by atoms with E-state index in [-0.39, 0.29) is 23.9 Å². The van der Waals surface area contributed by atoms with E-state index in [1.54, 1.807) is 6.07 Å². The Bertz CT molecular complexity index is 473. The molecule has 1 aliphatic rings. The molecule has 0 aromatic heterocycles. The van der Waals surface area contributed by atoms with Crippen LogP contribution in [0.3, 0.4) is 0 Å². The van der Waals surface area contributed by atoms with Crippen molar-refractivity contribution in [3.8, 4) is 6.07 Å². The van der Waals surface area contributed by atoms with Gasteiger partial charge in [0.15, 0.2) is 11.6 Å². The molecule has 0 unspecified atom stereocenters. The quantitative estimate of drug-likeness (QED) is 0.814. The van der Waals surface area contributed by atoms with Crippen LogP contribution in [-0.4, -0.2) is 32.5 Å². The first kappa shape index (κ1) is 14.7. The molecule has 1 aliphatic heterocycles. The third kappa shape index (κ3) is 3.89.